The second-order valence-corrected chi connectivity index (χ2v) is 7.53. The normalized spacial score (nSPS) is 15.2. The molecule has 0 bridgehead atoms. The van der Waals surface area contributed by atoms with Crippen LogP contribution in [0, 0.1) is 6.92 Å². The van der Waals surface area contributed by atoms with Crippen LogP contribution in [0.4, 0.5) is 4.79 Å². The maximum atomic E-state index is 11.0. The maximum Gasteiger partial charge on any atom is 0.407 e. The fraction of sp³-hybridized carbons (Fsp3) is 0.304. The van der Waals surface area contributed by atoms with Gasteiger partial charge in [-0.05, 0) is 36.2 Å². The van der Waals surface area contributed by atoms with Crippen molar-refractivity contribution in [1.82, 2.24) is 14.9 Å². The van der Waals surface area contributed by atoms with Crippen molar-refractivity contribution in [2.75, 3.05) is 13.1 Å². The van der Waals surface area contributed by atoms with E-state index in [1.165, 1.54) is 16.6 Å². The highest BCUT2D eigenvalue weighted by molar-refractivity contribution is 6.01. The number of carbonyl (C=O) groups is 1. The first-order valence-electron chi connectivity index (χ1n) is 10.2. The Morgan fingerprint density at radius 2 is 1.81 bits per heavy atom. The lowest BCUT2D eigenvalue weighted by Gasteiger charge is -2.30. The van der Waals surface area contributed by atoms with Crippen LogP contribution in [0.15, 0.2) is 53.9 Å². The second kappa shape index (κ2) is 8.99. The van der Waals surface area contributed by atoms with E-state index < -0.39 is 6.09 Å². The molecule has 8 heteroatoms. The Bertz CT molecular complexity index is 1120. The lowest BCUT2D eigenvalue weighted by molar-refractivity contribution is 0.0863. The number of hydrogen-bond acceptors (Lipinski definition) is 6. The van der Waals surface area contributed by atoms with Crippen molar-refractivity contribution in [3.8, 4) is 11.8 Å². The third kappa shape index (κ3) is 4.74. The average molecular weight is 420 g/mol. The summed E-state index contributed by atoms with van der Waals surface area (Å²) < 4.78 is 6.00. The zero-order chi connectivity index (χ0) is 21.8. The van der Waals surface area contributed by atoms with Gasteiger partial charge in [-0.15, -0.1) is 0 Å². The maximum absolute atomic E-state index is 11.0. The summed E-state index contributed by atoms with van der Waals surface area (Å²) in [6, 6.07) is 14.3. The van der Waals surface area contributed by atoms with E-state index in [1.807, 2.05) is 32.0 Å². The van der Waals surface area contributed by atoms with Gasteiger partial charge >= 0.3 is 6.09 Å². The molecule has 0 saturated carbocycles. The van der Waals surface area contributed by atoms with Gasteiger partial charge in [-0.25, -0.2) is 9.78 Å². The van der Waals surface area contributed by atoms with E-state index in [9.17, 15) is 4.79 Å². The van der Waals surface area contributed by atoms with Crippen LogP contribution >= 0.6 is 0 Å². The fourth-order valence-electron chi connectivity index (χ4n) is 3.53. The minimum atomic E-state index is -0.896. The van der Waals surface area contributed by atoms with Crippen molar-refractivity contribution >= 4 is 22.6 Å². The monoisotopic (exact) mass is 420 g/mol. The predicted molar refractivity (Wildman–Crippen MR) is 117 cm³/mol. The predicted octanol–water partition coefficient (Wildman–Crippen LogP) is 4.26. The molecule has 0 spiro atoms. The van der Waals surface area contributed by atoms with E-state index in [0.29, 0.717) is 43.3 Å². The molecule has 1 aliphatic rings. The van der Waals surface area contributed by atoms with Crippen molar-refractivity contribution in [2.45, 2.75) is 32.8 Å². The number of hydrogen-bond donors (Lipinski definition) is 1. The summed E-state index contributed by atoms with van der Waals surface area (Å²) in [5.41, 5.74) is 2.34. The summed E-state index contributed by atoms with van der Waals surface area (Å²) >= 11 is 0. The smallest absolute Gasteiger partial charge is 0.407 e. The minimum Gasteiger partial charge on any atom is -0.474 e. The molecular formula is C23H24N4O4. The van der Waals surface area contributed by atoms with Gasteiger partial charge in [-0.2, -0.15) is 4.98 Å². The number of piperidine rings is 1. The summed E-state index contributed by atoms with van der Waals surface area (Å²) in [7, 11) is 0. The minimum absolute atomic E-state index is 0.0973. The number of amides is 1. The van der Waals surface area contributed by atoms with Gasteiger partial charge < -0.3 is 19.6 Å². The first-order chi connectivity index (χ1) is 15.0. The molecule has 4 rings (SSSR count). The molecule has 0 atom stereocenters. The van der Waals surface area contributed by atoms with Crippen LogP contribution in [0.3, 0.4) is 0 Å². The molecule has 1 fully saturated rings. The second-order valence-electron chi connectivity index (χ2n) is 7.53. The van der Waals surface area contributed by atoms with Crippen molar-refractivity contribution in [2.24, 2.45) is 5.16 Å². The highest BCUT2D eigenvalue weighted by Gasteiger charge is 2.24. The number of rotatable bonds is 5. The molecule has 1 aromatic heterocycles. The summed E-state index contributed by atoms with van der Waals surface area (Å²) in [5.74, 6) is 0.755. The van der Waals surface area contributed by atoms with Crippen LogP contribution in [-0.4, -0.2) is 51.0 Å². The molecule has 0 aliphatic carbocycles. The Hall–Kier alpha value is -3.68. The summed E-state index contributed by atoms with van der Waals surface area (Å²) in [6.45, 7) is 4.59. The summed E-state index contributed by atoms with van der Waals surface area (Å²) in [4.78, 5) is 26.4. The van der Waals surface area contributed by atoms with E-state index in [0.717, 1.165) is 16.7 Å². The lowest BCUT2D eigenvalue weighted by Crippen LogP contribution is -2.41. The van der Waals surface area contributed by atoms with Gasteiger partial charge in [0.05, 0.1) is 11.3 Å². The highest BCUT2D eigenvalue weighted by atomic mass is 16.6. The Kier molecular flexibility index (Phi) is 5.97. The van der Waals surface area contributed by atoms with Gasteiger partial charge in [-0.1, -0.05) is 41.6 Å². The number of nitrogens with zero attached hydrogens (tertiary/aromatic N) is 4. The van der Waals surface area contributed by atoms with Gasteiger partial charge in [0.2, 0.25) is 5.88 Å². The summed E-state index contributed by atoms with van der Waals surface area (Å²) in [5, 5.41) is 15.6. The molecular weight excluding hydrogens is 396 g/mol. The molecule has 1 saturated heterocycles. The van der Waals surface area contributed by atoms with E-state index >= 15 is 0 Å². The Labute approximate surface area is 180 Å². The van der Waals surface area contributed by atoms with Crippen LogP contribution in [0.2, 0.25) is 0 Å². The number of ether oxygens (including phenoxy) is 1. The van der Waals surface area contributed by atoms with Crippen LogP contribution in [-0.2, 0) is 0 Å². The molecule has 8 nitrogen and oxygen atoms in total. The first-order valence-corrected chi connectivity index (χ1v) is 10.2. The molecule has 0 radical (unpaired) electrons. The van der Waals surface area contributed by atoms with Gasteiger partial charge in [0.1, 0.15) is 12.4 Å². The zero-order valence-electron chi connectivity index (χ0n) is 17.5. The van der Waals surface area contributed by atoms with Crippen molar-refractivity contribution in [3.63, 3.8) is 0 Å². The van der Waals surface area contributed by atoms with Crippen LogP contribution in [0.5, 0.6) is 11.8 Å². The standard InChI is InChI=1S/C23H24N4O4/c1-15-21(30-20-9-11-27(12-10-20)23(28)29)24-14-25-22(15)31-26-16(2)18-8-7-17-5-3-4-6-19(17)13-18/h3-8,13-14,20H,9-12H2,1-2H3,(H,28,29)/b26-16-. The fourth-order valence-corrected chi connectivity index (χ4v) is 3.53. The molecule has 2 heterocycles. The molecule has 31 heavy (non-hydrogen) atoms. The first kappa shape index (κ1) is 20.6. The third-order valence-electron chi connectivity index (χ3n) is 5.42. The highest BCUT2D eigenvalue weighted by Crippen LogP contribution is 2.26. The van der Waals surface area contributed by atoms with E-state index in [2.05, 4.69) is 39.4 Å². The van der Waals surface area contributed by atoms with Gasteiger partial charge in [0.15, 0.2) is 0 Å². The van der Waals surface area contributed by atoms with Crippen LogP contribution in [0.1, 0.15) is 30.9 Å². The number of benzene rings is 2. The molecule has 2 aromatic carbocycles. The molecule has 160 valence electrons. The number of carboxylic acid groups (broad SMARTS) is 1. The van der Waals surface area contributed by atoms with E-state index in [-0.39, 0.29) is 6.10 Å². The molecule has 1 aliphatic heterocycles. The van der Waals surface area contributed by atoms with E-state index in [4.69, 9.17) is 14.7 Å². The Morgan fingerprint density at radius 3 is 2.55 bits per heavy atom. The largest absolute Gasteiger partial charge is 0.474 e. The Balaban J connectivity index is 1.44. The number of fused-ring (bicyclic) bond motifs is 1. The van der Waals surface area contributed by atoms with Crippen molar-refractivity contribution in [1.29, 1.82) is 0 Å². The van der Waals surface area contributed by atoms with Crippen molar-refractivity contribution in [3.05, 3.63) is 59.9 Å². The zero-order valence-corrected chi connectivity index (χ0v) is 17.5. The number of oxime groups is 1. The number of likely N-dealkylation sites (tertiary alicyclic amines) is 1. The average Bonchev–Trinajstić information content (AvgIpc) is 2.79. The van der Waals surface area contributed by atoms with Crippen molar-refractivity contribution < 1.29 is 19.5 Å². The molecule has 3 aromatic rings. The van der Waals surface area contributed by atoms with Crippen LogP contribution < -0.4 is 9.57 Å². The molecule has 1 N–H and O–H groups in total. The molecule has 1 amide bonds. The van der Waals surface area contributed by atoms with Gasteiger partial charge in [-0.3, -0.25) is 0 Å². The third-order valence-corrected chi connectivity index (χ3v) is 5.42. The molecule has 0 unspecified atom stereocenters. The van der Waals surface area contributed by atoms with Crippen LogP contribution in [0.25, 0.3) is 10.8 Å². The Morgan fingerprint density at radius 1 is 1.10 bits per heavy atom. The summed E-state index contributed by atoms with van der Waals surface area (Å²) in [6.07, 6.45) is 1.62. The lowest BCUT2D eigenvalue weighted by atomic mass is 10.0. The topological polar surface area (TPSA) is 97.1 Å². The van der Waals surface area contributed by atoms with Gasteiger partial charge in [0, 0.05) is 25.9 Å². The van der Waals surface area contributed by atoms with E-state index in [1.54, 1.807) is 0 Å². The number of aromatic nitrogens is 2. The quantitative estimate of drug-likeness (QED) is 0.489. The van der Waals surface area contributed by atoms with Gasteiger partial charge in [0.25, 0.3) is 5.88 Å². The SMILES string of the molecule is C/C(=N/Oc1ncnc(OC2CCN(C(=O)O)CC2)c1C)c1ccc2ccccc2c1.